The number of anilines is 1. The summed E-state index contributed by atoms with van der Waals surface area (Å²) in [4.78, 5) is 56.8. The summed E-state index contributed by atoms with van der Waals surface area (Å²) in [5, 5.41) is 0.599. The van der Waals surface area contributed by atoms with Gasteiger partial charge in [-0.05, 0) is 42.8 Å². The monoisotopic (exact) mass is 567 g/mol. The Hall–Kier alpha value is -3.83. The molecule has 0 aliphatic carbocycles. The van der Waals surface area contributed by atoms with Crippen molar-refractivity contribution in [3.8, 4) is 5.75 Å². The van der Waals surface area contributed by atoms with Crippen molar-refractivity contribution < 1.29 is 23.5 Å². The van der Waals surface area contributed by atoms with Crippen LogP contribution in [-0.4, -0.2) is 29.2 Å². The van der Waals surface area contributed by atoms with Crippen molar-refractivity contribution in [2.24, 2.45) is 5.73 Å². The molecule has 2 aromatic carbocycles. The van der Waals surface area contributed by atoms with E-state index in [0.717, 1.165) is 11.3 Å². The average Bonchev–Trinajstić information content (AvgIpc) is 3.36. The number of primary amides is 1. The molecule has 1 atom stereocenters. The molecule has 0 spiro atoms. The van der Waals surface area contributed by atoms with Crippen LogP contribution in [0.2, 0.25) is 0 Å². The molecule has 9 nitrogen and oxygen atoms in total. The van der Waals surface area contributed by atoms with E-state index >= 15 is 0 Å². The number of ether oxygens (including phenoxy) is 1. The van der Waals surface area contributed by atoms with Gasteiger partial charge in [-0.3, -0.25) is 24.1 Å². The van der Waals surface area contributed by atoms with Gasteiger partial charge in [-0.2, -0.15) is 0 Å². The number of halogens is 1. The number of rotatable bonds is 6. The largest absolute Gasteiger partial charge is 0.484 e. The number of aromatic nitrogens is 1. The molecule has 36 heavy (non-hydrogen) atoms. The van der Waals surface area contributed by atoms with E-state index in [1.165, 1.54) is 11.8 Å². The highest BCUT2D eigenvalue weighted by Crippen LogP contribution is 2.43. The molecular weight excluding hydrogens is 550 g/mol. The van der Waals surface area contributed by atoms with E-state index in [9.17, 15) is 19.2 Å². The zero-order valence-corrected chi connectivity index (χ0v) is 21.4. The number of carbonyl (C=O) groups excluding carboxylic acids is 3. The van der Waals surface area contributed by atoms with E-state index in [1.54, 1.807) is 49.4 Å². The normalized spacial score (nSPS) is 14.8. The summed E-state index contributed by atoms with van der Waals surface area (Å²) >= 11 is 4.46. The third-order valence-corrected chi connectivity index (χ3v) is 7.47. The van der Waals surface area contributed by atoms with Gasteiger partial charge in [0.2, 0.25) is 5.76 Å². The summed E-state index contributed by atoms with van der Waals surface area (Å²) < 4.78 is 12.0. The number of Topliss-reactive ketones (excluding diaryl/α,β-unsaturated/α-hetero) is 1. The first-order valence-electron chi connectivity index (χ1n) is 10.7. The van der Waals surface area contributed by atoms with Gasteiger partial charge >= 0.3 is 0 Å². The summed E-state index contributed by atoms with van der Waals surface area (Å²) in [6.07, 6.45) is 0. The van der Waals surface area contributed by atoms with Gasteiger partial charge in [0.1, 0.15) is 11.3 Å². The van der Waals surface area contributed by atoms with Gasteiger partial charge in [-0.25, -0.2) is 4.98 Å². The summed E-state index contributed by atoms with van der Waals surface area (Å²) in [5.41, 5.74) is 6.34. The minimum atomic E-state index is -0.859. The zero-order chi connectivity index (χ0) is 25.7. The van der Waals surface area contributed by atoms with Crippen molar-refractivity contribution in [2.75, 3.05) is 11.5 Å². The van der Waals surface area contributed by atoms with Crippen LogP contribution in [0.5, 0.6) is 5.75 Å². The molecule has 4 aromatic rings. The Labute approximate surface area is 216 Å². The minimum Gasteiger partial charge on any atom is -0.484 e. The van der Waals surface area contributed by atoms with E-state index in [2.05, 4.69) is 20.9 Å². The van der Waals surface area contributed by atoms with Crippen molar-refractivity contribution in [3.63, 3.8) is 0 Å². The quantitative estimate of drug-likeness (QED) is 0.346. The molecule has 1 aliphatic rings. The first kappa shape index (κ1) is 23.9. The van der Waals surface area contributed by atoms with Gasteiger partial charge in [0.15, 0.2) is 23.0 Å². The van der Waals surface area contributed by atoms with Crippen LogP contribution in [0.3, 0.4) is 0 Å². The van der Waals surface area contributed by atoms with Crippen molar-refractivity contribution >= 4 is 61.0 Å². The third-order valence-electron chi connectivity index (χ3n) is 5.72. The molecule has 11 heteroatoms. The van der Waals surface area contributed by atoms with Gasteiger partial charge in [-0.15, -0.1) is 0 Å². The number of hydrogen-bond donors (Lipinski definition) is 1. The molecule has 1 aliphatic heterocycles. The van der Waals surface area contributed by atoms with Crippen molar-refractivity contribution in [1.82, 2.24) is 4.98 Å². The molecule has 0 radical (unpaired) electrons. The fraction of sp³-hybridized carbons (Fsp3) is 0.160. The predicted molar refractivity (Wildman–Crippen MR) is 137 cm³/mol. The number of thiazole rings is 1. The van der Waals surface area contributed by atoms with Gasteiger partial charge in [0, 0.05) is 11.4 Å². The van der Waals surface area contributed by atoms with E-state index in [0.29, 0.717) is 31.7 Å². The Balaban J connectivity index is 1.71. The standard InChI is InChI=1S/C25H18BrN3O6S/c1-11-23(12(2)30)36-25(28-11)29-20(13-3-6-15(7-4-13)34-10-18(27)31)19-21(32)16-9-14(26)5-8-17(16)35-22(19)24(29)33/h3-9,20H,10H2,1-2H3,(H2,27,31). The lowest BCUT2D eigenvalue weighted by atomic mass is 9.98. The van der Waals surface area contributed by atoms with Crippen LogP contribution in [0, 0.1) is 6.92 Å². The fourth-order valence-corrected chi connectivity index (χ4v) is 5.52. The van der Waals surface area contributed by atoms with Gasteiger partial charge in [-0.1, -0.05) is 39.4 Å². The van der Waals surface area contributed by atoms with Crippen molar-refractivity contribution in [2.45, 2.75) is 19.9 Å². The van der Waals surface area contributed by atoms with Crippen LogP contribution < -0.4 is 20.8 Å². The fourth-order valence-electron chi connectivity index (χ4n) is 4.17. The number of carbonyl (C=O) groups is 3. The van der Waals surface area contributed by atoms with Crippen molar-refractivity contribution in [3.05, 3.63) is 84.6 Å². The lowest BCUT2D eigenvalue weighted by Gasteiger charge is -2.22. The lowest BCUT2D eigenvalue weighted by Crippen LogP contribution is -2.29. The molecule has 2 amide bonds. The first-order chi connectivity index (χ1) is 17.2. The zero-order valence-electron chi connectivity index (χ0n) is 19.0. The summed E-state index contributed by atoms with van der Waals surface area (Å²) in [7, 11) is 0. The van der Waals surface area contributed by atoms with E-state index < -0.39 is 17.9 Å². The van der Waals surface area contributed by atoms with Crippen LogP contribution in [-0.2, 0) is 4.79 Å². The first-order valence-corrected chi connectivity index (χ1v) is 12.4. The number of nitrogens with zero attached hydrogens (tertiary/aromatic N) is 2. The van der Waals surface area contributed by atoms with Crippen molar-refractivity contribution in [1.29, 1.82) is 0 Å². The summed E-state index contributed by atoms with van der Waals surface area (Å²) in [5.74, 6) is -0.998. The SMILES string of the molecule is CC(=O)c1sc(N2C(=O)c3oc4ccc(Br)cc4c(=O)c3C2c2ccc(OCC(N)=O)cc2)nc1C. The molecular formula is C25H18BrN3O6S. The average molecular weight is 568 g/mol. The van der Waals surface area contributed by atoms with Crippen LogP contribution >= 0.6 is 27.3 Å². The summed E-state index contributed by atoms with van der Waals surface area (Å²) in [6, 6.07) is 10.7. The minimum absolute atomic E-state index is 0.0777. The molecule has 0 saturated heterocycles. The Morgan fingerprint density at radius 2 is 1.92 bits per heavy atom. The Morgan fingerprint density at radius 3 is 2.56 bits per heavy atom. The molecule has 0 bridgehead atoms. The number of hydrogen-bond acceptors (Lipinski definition) is 8. The van der Waals surface area contributed by atoms with Crippen LogP contribution in [0.15, 0.2) is 56.1 Å². The molecule has 3 heterocycles. The molecule has 182 valence electrons. The lowest BCUT2D eigenvalue weighted by molar-refractivity contribution is -0.119. The predicted octanol–water partition coefficient (Wildman–Crippen LogP) is 4.14. The number of fused-ring (bicyclic) bond motifs is 2. The van der Waals surface area contributed by atoms with E-state index in [1.807, 2.05) is 0 Å². The van der Waals surface area contributed by atoms with Crippen LogP contribution in [0.4, 0.5) is 5.13 Å². The Bertz CT molecular complexity index is 1630. The number of ketones is 1. The maximum absolute atomic E-state index is 13.7. The molecule has 2 N–H and O–H groups in total. The number of nitrogens with two attached hydrogens (primary N) is 1. The second kappa shape index (κ2) is 8.99. The molecule has 5 rings (SSSR count). The molecule has 2 aromatic heterocycles. The number of aryl methyl sites for hydroxylation is 1. The molecule has 0 fully saturated rings. The highest BCUT2D eigenvalue weighted by molar-refractivity contribution is 9.10. The molecule has 0 saturated carbocycles. The topological polar surface area (TPSA) is 133 Å². The van der Waals surface area contributed by atoms with Gasteiger partial charge in [0.05, 0.1) is 27.6 Å². The second-order valence-electron chi connectivity index (χ2n) is 8.18. The highest BCUT2D eigenvalue weighted by Gasteiger charge is 2.45. The van der Waals surface area contributed by atoms with Crippen LogP contribution in [0.25, 0.3) is 11.0 Å². The highest BCUT2D eigenvalue weighted by atomic mass is 79.9. The smallest absolute Gasteiger partial charge is 0.297 e. The number of amides is 2. The van der Waals surface area contributed by atoms with E-state index in [4.69, 9.17) is 14.9 Å². The Kier molecular flexibility index (Phi) is 5.97. The third kappa shape index (κ3) is 3.99. The van der Waals surface area contributed by atoms with Gasteiger partial charge in [0.25, 0.3) is 11.8 Å². The summed E-state index contributed by atoms with van der Waals surface area (Å²) in [6.45, 7) is 2.84. The maximum atomic E-state index is 13.7. The Morgan fingerprint density at radius 1 is 1.19 bits per heavy atom. The van der Waals surface area contributed by atoms with E-state index in [-0.39, 0.29) is 39.9 Å². The number of benzene rings is 2. The van der Waals surface area contributed by atoms with Gasteiger partial charge < -0.3 is 14.9 Å². The van der Waals surface area contributed by atoms with Crippen LogP contribution in [0.1, 0.15) is 50.0 Å². The second-order valence-corrected chi connectivity index (χ2v) is 10.1. The molecule has 1 unspecified atom stereocenters. The maximum Gasteiger partial charge on any atom is 0.297 e.